The molecule has 2 aromatic rings. The monoisotopic (exact) mass is 364 g/mol. The van der Waals surface area contributed by atoms with Crippen LogP contribution >= 0.6 is 0 Å². The summed E-state index contributed by atoms with van der Waals surface area (Å²) < 4.78 is 11.8. The van der Waals surface area contributed by atoms with Crippen LogP contribution in [0.25, 0.3) is 0 Å². The molecule has 2 aliphatic heterocycles. The quantitative estimate of drug-likeness (QED) is 0.844. The Morgan fingerprint density at radius 2 is 2.11 bits per heavy atom. The van der Waals surface area contributed by atoms with Crippen molar-refractivity contribution in [3.05, 3.63) is 47.7 Å². The van der Waals surface area contributed by atoms with E-state index in [4.69, 9.17) is 9.47 Å². The molecule has 27 heavy (non-hydrogen) atoms. The third-order valence-corrected chi connectivity index (χ3v) is 5.80. The maximum atomic E-state index is 12.4. The van der Waals surface area contributed by atoms with Crippen LogP contribution in [0.1, 0.15) is 43.2 Å². The van der Waals surface area contributed by atoms with Crippen molar-refractivity contribution in [1.82, 2.24) is 10.3 Å². The molecule has 2 fully saturated rings. The average Bonchev–Trinajstić information content (AvgIpc) is 3.27. The zero-order valence-corrected chi connectivity index (χ0v) is 15.0. The molecule has 5 rings (SSSR count). The second-order valence-corrected chi connectivity index (χ2v) is 7.53. The van der Waals surface area contributed by atoms with Gasteiger partial charge in [-0.3, -0.25) is 9.59 Å². The number of nitrogens with zero attached hydrogens (tertiary/aromatic N) is 1. The first-order valence-corrected chi connectivity index (χ1v) is 9.35. The normalized spacial score (nSPS) is 24.5. The maximum Gasteiger partial charge on any atom is 0.235 e. The Morgan fingerprint density at radius 1 is 1.26 bits per heavy atom. The van der Waals surface area contributed by atoms with Crippen LogP contribution in [-0.2, 0) is 15.0 Å². The minimum atomic E-state index is -0.777. The van der Waals surface area contributed by atoms with Gasteiger partial charge < -0.3 is 14.8 Å². The predicted octanol–water partition coefficient (Wildman–Crippen LogP) is 2.86. The van der Waals surface area contributed by atoms with E-state index in [1.165, 1.54) is 0 Å². The van der Waals surface area contributed by atoms with Crippen molar-refractivity contribution in [3.8, 4) is 17.4 Å². The highest BCUT2D eigenvalue weighted by molar-refractivity contribution is 6.14. The summed E-state index contributed by atoms with van der Waals surface area (Å²) in [7, 11) is 0. The number of rotatable bonds is 4. The van der Waals surface area contributed by atoms with Gasteiger partial charge in [-0.2, -0.15) is 0 Å². The molecule has 3 heterocycles. The molecule has 2 atom stereocenters. The molecular weight excluding hydrogens is 344 g/mol. The van der Waals surface area contributed by atoms with Gasteiger partial charge in [-0.1, -0.05) is 19.1 Å². The average molecular weight is 364 g/mol. The zero-order chi connectivity index (χ0) is 18.6. The van der Waals surface area contributed by atoms with Crippen LogP contribution in [0.5, 0.6) is 17.4 Å². The van der Waals surface area contributed by atoms with E-state index < -0.39 is 12.0 Å². The fourth-order valence-corrected chi connectivity index (χ4v) is 4.08. The molecule has 1 unspecified atom stereocenters. The van der Waals surface area contributed by atoms with Gasteiger partial charge in [-0.25, -0.2) is 4.98 Å². The van der Waals surface area contributed by atoms with E-state index in [0.717, 1.165) is 29.9 Å². The topological polar surface area (TPSA) is 77.5 Å². The number of hydrogen-bond acceptors (Lipinski definition) is 5. The third-order valence-electron chi connectivity index (χ3n) is 5.80. The standard InChI is InChI=1S/C21H20N2O4/c1-2-13-19(24)17(20(25)23-13)12-6-7-16(22-10-12)27-15-5-3-4-14-18(15)21(8-9-21)11-26-14/h3-7,10,13,17H,2,8-9,11H2,1H3,(H,23,25)/t13-,17?/m1/s1. The number of Topliss-reactive ketones (excluding diaryl/α,β-unsaturated/α-hetero) is 1. The Morgan fingerprint density at radius 3 is 2.78 bits per heavy atom. The van der Waals surface area contributed by atoms with Crippen molar-refractivity contribution < 1.29 is 19.1 Å². The van der Waals surface area contributed by atoms with Crippen LogP contribution in [0, 0.1) is 0 Å². The van der Waals surface area contributed by atoms with Crippen LogP contribution in [0.4, 0.5) is 0 Å². The molecule has 1 saturated heterocycles. The lowest BCUT2D eigenvalue weighted by Gasteiger charge is -2.13. The number of fused-ring (bicyclic) bond motifs is 2. The summed E-state index contributed by atoms with van der Waals surface area (Å²) in [5.74, 6) is 0.972. The highest BCUT2D eigenvalue weighted by atomic mass is 16.5. The number of carbonyl (C=O) groups is 2. The largest absolute Gasteiger partial charge is 0.492 e. The van der Waals surface area contributed by atoms with Crippen molar-refractivity contribution in [2.75, 3.05) is 6.61 Å². The lowest BCUT2D eigenvalue weighted by Crippen LogP contribution is -2.27. The number of ether oxygens (including phenoxy) is 2. The highest BCUT2D eigenvalue weighted by Gasteiger charge is 2.52. The molecular formula is C21H20N2O4. The lowest BCUT2D eigenvalue weighted by atomic mass is 9.95. The molecule has 6 nitrogen and oxygen atoms in total. The second-order valence-electron chi connectivity index (χ2n) is 7.53. The number of aromatic nitrogens is 1. The number of hydrogen-bond donors (Lipinski definition) is 1. The summed E-state index contributed by atoms with van der Waals surface area (Å²) in [6.07, 6.45) is 4.38. The zero-order valence-electron chi connectivity index (χ0n) is 15.0. The molecule has 6 heteroatoms. The summed E-state index contributed by atoms with van der Waals surface area (Å²) in [6.45, 7) is 2.60. The number of ketones is 1. The molecule has 1 N–H and O–H groups in total. The summed E-state index contributed by atoms with van der Waals surface area (Å²) >= 11 is 0. The second kappa shape index (κ2) is 5.81. The Bertz CT molecular complexity index is 934. The fraction of sp³-hybridized carbons (Fsp3) is 0.381. The van der Waals surface area contributed by atoms with Crippen LogP contribution in [-0.4, -0.2) is 29.3 Å². The molecule has 1 aliphatic carbocycles. The predicted molar refractivity (Wildman–Crippen MR) is 97.1 cm³/mol. The Kier molecular flexibility index (Phi) is 3.50. The summed E-state index contributed by atoms with van der Waals surface area (Å²) in [4.78, 5) is 28.8. The van der Waals surface area contributed by atoms with Gasteiger partial charge in [-0.15, -0.1) is 0 Å². The van der Waals surface area contributed by atoms with Gasteiger partial charge in [0.15, 0.2) is 5.78 Å². The first-order chi connectivity index (χ1) is 13.1. The first kappa shape index (κ1) is 16.3. The number of benzene rings is 1. The highest BCUT2D eigenvalue weighted by Crippen LogP contribution is 2.58. The molecule has 1 spiro atoms. The molecule has 1 aromatic carbocycles. The molecule has 1 aromatic heterocycles. The van der Waals surface area contributed by atoms with Crippen LogP contribution in [0.2, 0.25) is 0 Å². The first-order valence-electron chi connectivity index (χ1n) is 9.35. The summed E-state index contributed by atoms with van der Waals surface area (Å²) in [6, 6.07) is 8.87. The van der Waals surface area contributed by atoms with Gasteiger partial charge in [0, 0.05) is 23.2 Å². The van der Waals surface area contributed by atoms with E-state index in [2.05, 4.69) is 10.3 Å². The smallest absolute Gasteiger partial charge is 0.235 e. The van der Waals surface area contributed by atoms with Crippen molar-refractivity contribution >= 4 is 11.7 Å². The van der Waals surface area contributed by atoms with E-state index in [9.17, 15) is 9.59 Å². The summed E-state index contributed by atoms with van der Waals surface area (Å²) in [5.41, 5.74) is 1.84. The SMILES string of the molecule is CC[C@H]1NC(=O)C(c2ccc(Oc3cccc4c3C3(CC3)CO4)nc2)C1=O. The van der Waals surface area contributed by atoms with Crippen molar-refractivity contribution in [1.29, 1.82) is 0 Å². The Balaban J connectivity index is 1.39. The van der Waals surface area contributed by atoms with E-state index >= 15 is 0 Å². The Hall–Kier alpha value is -2.89. The van der Waals surface area contributed by atoms with E-state index in [1.54, 1.807) is 18.3 Å². The lowest BCUT2D eigenvalue weighted by molar-refractivity contribution is -0.124. The van der Waals surface area contributed by atoms with Crippen LogP contribution in [0.3, 0.4) is 0 Å². The van der Waals surface area contributed by atoms with Crippen LogP contribution < -0.4 is 14.8 Å². The van der Waals surface area contributed by atoms with E-state index in [-0.39, 0.29) is 17.1 Å². The molecule has 1 amide bonds. The molecule has 0 radical (unpaired) electrons. The minimum Gasteiger partial charge on any atom is -0.492 e. The van der Waals surface area contributed by atoms with Crippen molar-refractivity contribution in [2.45, 2.75) is 43.6 Å². The van der Waals surface area contributed by atoms with Crippen molar-refractivity contribution in [3.63, 3.8) is 0 Å². The number of nitrogens with one attached hydrogen (secondary N) is 1. The van der Waals surface area contributed by atoms with Crippen LogP contribution in [0.15, 0.2) is 36.5 Å². The minimum absolute atomic E-state index is 0.0910. The van der Waals surface area contributed by atoms with Gasteiger partial charge in [0.05, 0.1) is 12.6 Å². The number of carbonyl (C=O) groups excluding carboxylic acids is 2. The Labute approximate surface area is 156 Å². The maximum absolute atomic E-state index is 12.4. The fourth-order valence-electron chi connectivity index (χ4n) is 4.08. The molecule has 3 aliphatic rings. The molecule has 0 bridgehead atoms. The number of amides is 1. The van der Waals surface area contributed by atoms with Gasteiger partial charge >= 0.3 is 0 Å². The number of pyridine rings is 1. The molecule has 1 saturated carbocycles. The van der Waals surface area contributed by atoms with E-state index in [0.29, 0.717) is 24.5 Å². The van der Waals surface area contributed by atoms with Gasteiger partial charge in [0.25, 0.3) is 0 Å². The van der Waals surface area contributed by atoms with Gasteiger partial charge in [0.2, 0.25) is 11.8 Å². The third kappa shape index (κ3) is 2.51. The van der Waals surface area contributed by atoms with Crippen molar-refractivity contribution in [2.24, 2.45) is 0 Å². The van der Waals surface area contributed by atoms with Gasteiger partial charge in [0.1, 0.15) is 17.4 Å². The van der Waals surface area contributed by atoms with Gasteiger partial charge in [-0.05, 0) is 37.0 Å². The summed E-state index contributed by atoms with van der Waals surface area (Å²) in [5, 5.41) is 2.74. The van der Waals surface area contributed by atoms with E-state index in [1.807, 2.05) is 25.1 Å². The molecule has 138 valence electrons.